The maximum atomic E-state index is 11.6. The summed E-state index contributed by atoms with van der Waals surface area (Å²) in [4.78, 5) is 11.6. The molecule has 2 amide bonds. The molecule has 0 saturated heterocycles. The van der Waals surface area contributed by atoms with Crippen molar-refractivity contribution in [1.29, 1.82) is 0 Å². The molecule has 4 nitrogen and oxygen atoms in total. The third-order valence-corrected chi connectivity index (χ3v) is 3.17. The van der Waals surface area contributed by atoms with Crippen LogP contribution in [0.1, 0.15) is 52.9 Å². The van der Waals surface area contributed by atoms with Gasteiger partial charge in [0.2, 0.25) is 0 Å². The smallest absolute Gasteiger partial charge is 0.315 e. The molecule has 1 atom stereocenters. The number of hydrogen-bond acceptors (Lipinski definition) is 2. The van der Waals surface area contributed by atoms with Crippen molar-refractivity contribution in [2.24, 2.45) is 5.92 Å². The van der Waals surface area contributed by atoms with Crippen LogP contribution in [0, 0.1) is 5.92 Å². The summed E-state index contributed by atoms with van der Waals surface area (Å²) in [5.74, 6) is 0.421. The maximum absolute atomic E-state index is 11.6. The largest absolute Gasteiger partial charge is 0.388 e. The molecular weight excluding hydrogens is 216 g/mol. The molecule has 0 spiro atoms. The molecule has 1 aliphatic rings. The Morgan fingerprint density at radius 3 is 2.53 bits per heavy atom. The van der Waals surface area contributed by atoms with E-state index in [2.05, 4.69) is 24.5 Å². The molecule has 0 bridgehead atoms. The van der Waals surface area contributed by atoms with Crippen LogP contribution in [-0.2, 0) is 0 Å². The Hall–Kier alpha value is -0.770. The third kappa shape index (κ3) is 5.91. The van der Waals surface area contributed by atoms with Crippen LogP contribution in [0.4, 0.5) is 4.79 Å². The van der Waals surface area contributed by atoms with Crippen LogP contribution in [-0.4, -0.2) is 29.3 Å². The fraction of sp³-hybridized carbons (Fsp3) is 0.923. The minimum absolute atomic E-state index is 0.152. The summed E-state index contributed by atoms with van der Waals surface area (Å²) >= 11 is 0. The minimum atomic E-state index is -0.818. The van der Waals surface area contributed by atoms with Crippen LogP contribution in [0.25, 0.3) is 0 Å². The predicted octanol–water partition coefficient (Wildman–Crippen LogP) is 2.03. The van der Waals surface area contributed by atoms with Gasteiger partial charge in [0.1, 0.15) is 0 Å². The van der Waals surface area contributed by atoms with Crippen LogP contribution in [0.3, 0.4) is 0 Å². The average molecular weight is 242 g/mol. The molecule has 3 N–H and O–H groups in total. The normalized spacial score (nSPS) is 20.3. The van der Waals surface area contributed by atoms with Crippen LogP contribution in [0.2, 0.25) is 0 Å². The molecule has 0 aromatic carbocycles. The monoisotopic (exact) mass is 242 g/mol. The van der Waals surface area contributed by atoms with Gasteiger partial charge in [-0.15, -0.1) is 0 Å². The summed E-state index contributed by atoms with van der Waals surface area (Å²) in [6, 6.07) is 0.172. The third-order valence-electron chi connectivity index (χ3n) is 3.17. The standard InChI is InChI=1S/C13H26N2O2/c1-10(2)8-13(3,17)9-14-12(16)15-11-6-4-5-7-11/h10-11,17H,4-9H2,1-3H3,(H2,14,15,16). The number of carbonyl (C=O) groups is 1. The van der Waals surface area contributed by atoms with E-state index in [0.717, 1.165) is 12.8 Å². The van der Waals surface area contributed by atoms with Gasteiger partial charge in [-0.25, -0.2) is 4.79 Å². The van der Waals surface area contributed by atoms with Gasteiger partial charge in [0, 0.05) is 12.6 Å². The van der Waals surface area contributed by atoms with E-state index in [1.165, 1.54) is 12.8 Å². The Labute approximate surface area is 104 Å². The lowest BCUT2D eigenvalue weighted by Gasteiger charge is -2.26. The number of hydrogen-bond donors (Lipinski definition) is 3. The Balaban J connectivity index is 2.22. The molecule has 1 saturated carbocycles. The summed E-state index contributed by atoms with van der Waals surface area (Å²) in [7, 11) is 0. The topological polar surface area (TPSA) is 61.4 Å². The number of urea groups is 1. The van der Waals surface area contributed by atoms with Crippen molar-refractivity contribution in [3.63, 3.8) is 0 Å². The summed E-state index contributed by atoms with van der Waals surface area (Å²) < 4.78 is 0. The minimum Gasteiger partial charge on any atom is -0.388 e. The number of rotatable bonds is 5. The molecule has 4 heteroatoms. The lowest BCUT2D eigenvalue weighted by molar-refractivity contribution is 0.0408. The molecule has 0 aromatic heterocycles. The van der Waals surface area contributed by atoms with Crippen molar-refractivity contribution in [1.82, 2.24) is 10.6 Å². The lowest BCUT2D eigenvalue weighted by Crippen LogP contribution is -2.47. The highest BCUT2D eigenvalue weighted by molar-refractivity contribution is 5.74. The molecule has 0 heterocycles. The molecule has 17 heavy (non-hydrogen) atoms. The van der Waals surface area contributed by atoms with E-state index in [-0.39, 0.29) is 6.03 Å². The fourth-order valence-corrected chi connectivity index (χ4v) is 2.53. The highest BCUT2D eigenvalue weighted by Gasteiger charge is 2.23. The van der Waals surface area contributed by atoms with Gasteiger partial charge < -0.3 is 15.7 Å². The second kappa shape index (κ2) is 6.24. The molecule has 1 rings (SSSR count). The van der Waals surface area contributed by atoms with Gasteiger partial charge in [0.05, 0.1) is 5.60 Å². The Bertz CT molecular complexity index is 246. The van der Waals surface area contributed by atoms with Gasteiger partial charge in [-0.2, -0.15) is 0 Å². The zero-order valence-corrected chi connectivity index (χ0v) is 11.3. The quantitative estimate of drug-likeness (QED) is 0.690. The van der Waals surface area contributed by atoms with E-state index in [1.807, 2.05) is 0 Å². The fourth-order valence-electron chi connectivity index (χ4n) is 2.53. The van der Waals surface area contributed by atoms with Gasteiger partial charge in [0.25, 0.3) is 0 Å². The predicted molar refractivity (Wildman–Crippen MR) is 68.9 cm³/mol. The van der Waals surface area contributed by atoms with Gasteiger partial charge in [-0.3, -0.25) is 0 Å². The number of amides is 2. The zero-order valence-electron chi connectivity index (χ0n) is 11.3. The highest BCUT2D eigenvalue weighted by Crippen LogP contribution is 2.17. The first-order chi connectivity index (χ1) is 7.89. The van der Waals surface area contributed by atoms with Crippen LogP contribution in [0.5, 0.6) is 0 Å². The van der Waals surface area contributed by atoms with Crippen molar-refractivity contribution in [3.8, 4) is 0 Å². The first-order valence-corrected chi connectivity index (χ1v) is 6.66. The molecule has 1 unspecified atom stereocenters. The molecule has 0 aliphatic heterocycles. The van der Waals surface area contributed by atoms with E-state index in [0.29, 0.717) is 24.9 Å². The summed E-state index contributed by atoms with van der Waals surface area (Å²) in [6.45, 7) is 6.20. The van der Waals surface area contributed by atoms with Crippen LogP contribution >= 0.6 is 0 Å². The van der Waals surface area contributed by atoms with Crippen LogP contribution in [0.15, 0.2) is 0 Å². The van der Waals surface area contributed by atoms with Crippen molar-refractivity contribution in [2.45, 2.75) is 64.5 Å². The molecule has 1 fully saturated rings. The Kier molecular flexibility index (Phi) is 5.25. The van der Waals surface area contributed by atoms with E-state index < -0.39 is 5.60 Å². The first-order valence-electron chi connectivity index (χ1n) is 6.66. The number of carbonyl (C=O) groups excluding carboxylic acids is 1. The van der Waals surface area contributed by atoms with Crippen molar-refractivity contribution < 1.29 is 9.90 Å². The zero-order chi connectivity index (χ0) is 12.9. The number of aliphatic hydroxyl groups is 1. The van der Waals surface area contributed by atoms with Gasteiger partial charge >= 0.3 is 6.03 Å². The van der Waals surface area contributed by atoms with Gasteiger partial charge in [-0.1, -0.05) is 26.7 Å². The highest BCUT2D eigenvalue weighted by atomic mass is 16.3. The van der Waals surface area contributed by atoms with E-state index in [9.17, 15) is 9.90 Å². The average Bonchev–Trinajstić information content (AvgIpc) is 2.65. The molecule has 0 radical (unpaired) electrons. The van der Waals surface area contributed by atoms with Crippen LogP contribution < -0.4 is 10.6 Å². The van der Waals surface area contributed by atoms with Gasteiger partial charge in [-0.05, 0) is 32.1 Å². The lowest BCUT2D eigenvalue weighted by atomic mass is 9.94. The van der Waals surface area contributed by atoms with Crippen molar-refractivity contribution >= 4 is 6.03 Å². The van der Waals surface area contributed by atoms with Crippen molar-refractivity contribution in [3.05, 3.63) is 0 Å². The summed E-state index contributed by atoms with van der Waals surface area (Å²) in [5.41, 5.74) is -0.818. The van der Waals surface area contributed by atoms with Crippen molar-refractivity contribution in [2.75, 3.05) is 6.54 Å². The molecule has 0 aromatic rings. The summed E-state index contributed by atoms with van der Waals surface area (Å²) in [6.07, 6.45) is 5.26. The summed E-state index contributed by atoms with van der Waals surface area (Å²) in [5, 5.41) is 15.8. The molecule has 100 valence electrons. The molecule has 1 aliphatic carbocycles. The van der Waals surface area contributed by atoms with Gasteiger partial charge in [0.15, 0.2) is 0 Å². The second-order valence-corrected chi connectivity index (χ2v) is 5.90. The SMILES string of the molecule is CC(C)CC(C)(O)CNC(=O)NC1CCCC1. The van der Waals surface area contributed by atoms with E-state index >= 15 is 0 Å². The molecular formula is C13H26N2O2. The second-order valence-electron chi connectivity index (χ2n) is 5.90. The maximum Gasteiger partial charge on any atom is 0.315 e. The Morgan fingerprint density at radius 2 is 2.00 bits per heavy atom. The first kappa shape index (κ1) is 14.3. The van der Waals surface area contributed by atoms with E-state index in [4.69, 9.17) is 0 Å². The van der Waals surface area contributed by atoms with E-state index in [1.54, 1.807) is 6.92 Å². The number of nitrogens with one attached hydrogen (secondary N) is 2. The Morgan fingerprint density at radius 1 is 1.41 bits per heavy atom.